The lowest BCUT2D eigenvalue weighted by Crippen LogP contribution is -1.96. The number of ether oxygens (including phenoxy) is 1. The number of imidazole rings is 1. The fraction of sp³-hybridized carbons (Fsp3) is 0.308. The van der Waals surface area contributed by atoms with Crippen molar-refractivity contribution < 1.29 is 4.74 Å². The van der Waals surface area contributed by atoms with Gasteiger partial charge in [-0.15, -0.1) is 0 Å². The van der Waals surface area contributed by atoms with E-state index in [0.717, 1.165) is 22.4 Å². The third-order valence-corrected chi connectivity index (χ3v) is 3.49. The molecule has 0 fully saturated rings. The number of aryl methyl sites for hydroxylation is 2. The lowest BCUT2D eigenvalue weighted by atomic mass is 10.0. The second-order valence-corrected chi connectivity index (χ2v) is 4.66. The molecule has 2 rings (SSSR count). The molecule has 0 aliphatic rings. The number of anilines is 1. The van der Waals surface area contributed by atoms with Crippen molar-refractivity contribution in [2.75, 3.05) is 12.8 Å². The zero-order valence-corrected chi connectivity index (χ0v) is 11.7. The summed E-state index contributed by atoms with van der Waals surface area (Å²) in [7, 11) is 3.45. The molecule has 2 aromatic rings. The third kappa shape index (κ3) is 1.93. The van der Waals surface area contributed by atoms with Crippen LogP contribution < -0.4 is 10.5 Å². The topological polar surface area (TPSA) is 53.1 Å². The normalized spacial score (nSPS) is 10.7. The van der Waals surface area contributed by atoms with Crippen molar-refractivity contribution in [2.45, 2.75) is 13.8 Å². The number of nitrogens with two attached hydrogens (primary N) is 1. The summed E-state index contributed by atoms with van der Waals surface area (Å²) in [4.78, 5) is 4.31. The quantitative estimate of drug-likeness (QED) is 0.908. The lowest BCUT2D eigenvalue weighted by molar-refractivity contribution is 0.411. The van der Waals surface area contributed by atoms with Crippen LogP contribution in [-0.4, -0.2) is 16.7 Å². The first-order valence-corrected chi connectivity index (χ1v) is 5.96. The minimum Gasteiger partial charge on any atom is -0.496 e. The van der Waals surface area contributed by atoms with Crippen molar-refractivity contribution in [1.82, 2.24) is 9.55 Å². The fourth-order valence-corrected chi connectivity index (χ4v) is 2.16. The van der Waals surface area contributed by atoms with Gasteiger partial charge >= 0.3 is 0 Å². The molecule has 0 saturated carbocycles. The van der Waals surface area contributed by atoms with Crippen LogP contribution >= 0.6 is 11.6 Å². The van der Waals surface area contributed by atoms with Gasteiger partial charge in [0.25, 0.3) is 0 Å². The second-order valence-electron chi connectivity index (χ2n) is 4.31. The van der Waals surface area contributed by atoms with E-state index in [2.05, 4.69) is 4.98 Å². The molecule has 0 unspecified atom stereocenters. The Balaban J connectivity index is 2.64. The van der Waals surface area contributed by atoms with E-state index in [9.17, 15) is 0 Å². The van der Waals surface area contributed by atoms with Crippen LogP contribution in [0.2, 0.25) is 5.15 Å². The molecule has 0 bridgehead atoms. The van der Waals surface area contributed by atoms with Gasteiger partial charge in [0.2, 0.25) is 5.95 Å². The molecule has 0 amide bonds. The summed E-state index contributed by atoms with van der Waals surface area (Å²) >= 11 is 6.24. The summed E-state index contributed by atoms with van der Waals surface area (Å²) in [6, 6.07) is 3.99. The Kier molecular flexibility index (Phi) is 3.22. The van der Waals surface area contributed by atoms with E-state index >= 15 is 0 Å². The number of aromatic nitrogens is 2. The summed E-state index contributed by atoms with van der Waals surface area (Å²) in [6.45, 7) is 3.99. The Labute approximate surface area is 111 Å². The van der Waals surface area contributed by atoms with Gasteiger partial charge in [0.05, 0.1) is 7.11 Å². The molecular formula is C13H16ClN3O. The number of hydrogen-bond donors (Lipinski definition) is 1. The predicted molar refractivity (Wildman–Crippen MR) is 74.1 cm³/mol. The van der Waals surface area contributed by atoms with Gasteiger partial charge in [0.15, 0.2) is 0 Å². The van der Waals surface area contributed by atoms with Gasteiger partial charge in [-0.05, 0) is 37.1 Å². The van der Waals surface area contributed by atoms with E-state index in [1.807, 2.05) is 26.0 Å². The van der Waals surface area contributed by atoms with Crippen LogP contribution in [0.4, 0.5) is 5.95 Å². The summed E-state index contributed by atoms with van der Waals surface area (Å²) in [5.74, 6) is 1.26. The van der Waals surface area contributed by atoms with Gasteiger partial charge in [-0.2, -0.15) is 0 Å². The predicted octanol–water partition coefficient (Wildman–Crippen LogP) is 2.95. The van der Waals surface area contributed by atoms with Crippen molar-refractivity contribution in [2.24, 2.45) is 7.05 Å². The van der Waals surface area contributed by atoms with Crippen LogP contribution in [0.15, 0.2) is 12.1 Å². The highest BCUT2D eigenvalue weighted by Gasteiger charge is 2.16. The number of rotatable bonds is 2. The van der Waals surface area contributed by atoms with Crippen molar-refractivity contribution in [1.29, 1.82) is 0 Å². The zero-order valence-electron chi connectivity index (χ0n) is 10.9. The molecule has 4 nitrogen and oxygen atoms in total. The molecule has 2 N–H and O–H groups in total. The number of benzene rings is 1. The second kappa shape index (κ2) is 4.53. The SMILES string of the molecule is COc1cc(C)c(-c2nc(N)n(C)c2Cl)cc1C. The molecule has 1 aromatic heterocycles. The van der Waals surface area contributed by atoms with Crippen molar-refractivity contribution in [3.05, 3.63) is 28.4 Å². The Bertz CT molecular complexity index is 605. The average Bonchev–Trinajstić information content (AvgIpc) is 2.59. The van der Waals surface area contributed by atoms with Crippen LogP contribution in [0.3, 0.4) is 0 Å². The van der Waals surface area contributed by atoms with E-state index in [-0.39, 0.29) is 0 Å². The first-order chi connectivity index (χ1) is 8.45. The maximum atomic E-state index is 6.24. The first-order valence-electron chi connectivity index (χ1n) is 5.59. The number of halogens is 1. The summed E-state index contributed by atoms with van der Waals surface area (Å²) in [5.41, 5.74) is 9.54. The zero-order chi connectivity index (χ0) is 13.4. The Hall–Kier alpha value is -1.68. The van der Waals surface area contributed by atoms with Gasteiger partial charge in [-0.3, -0.25) is 0 Å². The van der Waals surface area contributed by atoms with Crippen LogP contribution in [0.25, 0.3) is 11.3 Å². The average molecular weight is 266 g/mol. The molecule has 0 saturated heterocycles. The minimum atomic E-state index is 0.405. The molecule has 0 radical (unpaired) electrons. The maximum absolute atomic E-state index is 6.24. The number of methoxy groups -OCH3 is 1. The molecular weight excluding hydrogens is 250 g/mol. The summed E-state index contributed by atoms with van der Waals surface area (Å²) in [5, 5.41) is 0.542. The van der Waals surface area contributed by atoms with Gasteiger partial charge in [-0.25, -0.2) is 4.98 Å². The van der Waals surface area contributed by atoms with Gasteiger partial charge < -0.3 is 15.0 Å². The Morgan fingerprint density at radius 2 is 1.94 bits per heavy atom. The molecule has 5 heteroatoms. The largest absolute Gasteiger partial charge is 0.496 e. The van der Waals surface area contributed by atoms with E-state index in [1.54, 1.807) is 18.7 Å². The standard InChI is InChI=1S/C13H16ClN3O/c1-7-6-10(18-4)8(2)5-9(7)11-12(14)17(3)13(15)16-11/h5-6H,1-4H3,(H2,15,16). The van der Waals surface area contributed by atoms with E-state index in [1.165, 1.54) is 0 Å². The molecule has 0 aliphatic heterocycles. The van der Waals surface area contributed by atoms with Crippen LogP contribution in [0, 0.1) is 13.8 Å². The van der Waals surface area contributed by atoms with Crippen LogP contribution in [0.1, 0.15) is 11.1 Å². The highest BCUT2D eigenvalue weighted by Crippen LogP contribution is 2.34. The first kappa shape index (κ1) is 12.8. The highest BCUT2D eigenvalue weighted by atomic mass is 35.5. The summed E-state index contributed by atoms with van der Waals surface area (Å²) < 4.78 is 6.96. The van der Waals surface area contributed by atoms with E-state index in [4.69, 9.17) is 22.1 Å². The molecule has 1 aromatic carbocycles. The monoisotopic (exact) mass is 265 g/mol. The molecule has 0 spiro atoms. The minimum absolute atomic E-state index is 0.405. The highest BCUT2D eigenvalue weighted by molar-refractivity contribution is 6.32. The number of nitrogens with zero attached hydrogens (tertiary/aromatic N) is 2. The molecule has 1 heterocycles. The van der Waals surface area contributed by atoms with Gasteiger partial charge in [-0.1, -0.05) is 11.6 Å². The molecule has 18 heavy (non-hydrogen) atoms. The van der Waals surface area contributed by atoms with Crippen molar-refractivity contribution in [3.63, 3.8) is 0 Å². The summed E-state index contributed by atoms with van der Waals surface area (Å²) in [6.07, 6.45) is 0. The van der Waals surface area contributed by atoms with Crippen molar-refractivity contribution in [3.8, 4) is 17.0 Å². The smallest absolute Gasteiger partial charge is 0.201 e. The number of hydrogen-bond acceptors (Lipinski definition) is 3. The number of nitrogen functional groups attached to an aromatic ring is 1. The Morgan fingerprint density at radius 1 is 1.28 bits per heavy atom. The van der Waals surface area contributed by atoms with Crippen molar-refractivity contribution >= 4 is 17.5 Å². The third-order valence-electron chi connectivity index (χ3n) is 3.06. The van der Waals surface area contributed by atoms with E-state index in [0.29, 0.717) is 16.8 Å². The van der Waals surface area contributed by atoms with Gasteiger partial charge in [0.1, 0.15) is 16.6 Å². The lowest BCUT2D eigenvalue weighted by Gasteiger charge is -2.10. The van der Waals surface area contributed by atoms with Crippen LogP contribution in [0.5, 0.6) is 5.75 Å². The fourth-order valence-electron chi connectivity index (χ4n) is 1.93. The molecule has 96 valence electrons. The van der Waals surface area contributed by atoms with E-state index < -0.39 is 0 Å². The van der Waals surface area contributed by atoms with Gasteiger partial charge in [0, 0.05) is 12.6 Å². The molecule has 0 aliphatic carbocycles. The molecule has 0 atom stereocenters. The Morgan fingerprint density at radius 3 is 2.44 bits per heavy atom. The van der Waals surface area contributed by atoms with Crippen LogP contribution in [-0.2, 0) is 7.05 Å². The maximum Gasteiger partial charge on any atom is 0.201 e.